The number of nitrogens with zero attached hydrogens (tertiary/aromatic N) is 1. The quantitative estimate of drug-likeness (QED) is 0.161. The summed E-state index contributed by atoms with van der Waals surface area (Å²) in [5.41, 5.74) is 2.42. The van der Waals surface area contributed by atoms with E-state index in [1.165, 1.54) is 30.3 Å². The molecule has 4 aromatic carbocycles. The SMILES string of the molecule is O=C(OCc1cccc(Cl)c1)C1CC(c2c(F)cccc2F)=NC1c1ccc(-c2ccc(OC(F)(F)F)cc2)cc1. The van der Waals surface area contributed by atoms with E-state index in [1.54, 1.807) is 48.5 Å². The van der Waals surface area contributed by atoms with Crippen molar-refractivity contribution in [2.45, 2.75) is 25.4 Å². The van der Waals surface area contributed by atoms with Crippen LogP contribution < -0.4 is 4.74 Å². The van der Waals surface area contributed by atoms with E-state index in [2.05, 4.69) is 9.73 Å². The van der Waals surface area contributed by atoms with Crippen LogP contribution >= 0.6 is 11.6 Å². The average molecular weight is 586 g/mol. The molecule has 210 valence electrons. The summed E-state index contributed by atoms with van der Waals surface area (Å²) < 4.78 is 76.1. The molecule has 1 heterocycles. The number of aliphatic imine (C=N–C) groups is 1. The molecule has 0 aromatic heterocycles. The largest absolute Gasteiger partial charge is 0.573 e. The van der Waals surface area contributed by atoms with Crippen molar-refractivity contribution in [3.05, 3.63) is 124 Å². The zero-order valence-electron chi connectivity index (χ0n) is 21.2. The number of benzene rings is 4. The van der Waals surface area contributed by atoms with Gasteiger partial charge in [0.2, 0.25) is 0 Å². The van der Waals surface area contributed by atoms with E-state index >= 15 is 0 Å². The van der Waals surface area contributed by atoms with Crippen LogP contribution in [0.4, 0.5) is 22.0 Å². The van der Waals surface area contributed by atoms with Gasteiger partial charge in [-0.1, -0.05) is 66.2 Å². The van der Waals surface area contributed by atoms with Crippen molar-refractivity contribution < 1.29 is 36.2 Å². The summed E-state index contributed by atoms with van der Waals surface area (Å²) in [4.78, 5) is 17.8. The first-order chi connectivity index (χ1) is 19.6. The second kappa shape index (κ2) is 11.7. The lowest BCUT2D eigenvalue weighted by Gasteiger charge is -2.18. The fourth-order valence-electron chi connectivity index (χ4n) is 4.70. The Morgan fingerprint density at radius 3 is 2.10 bits per heavy atom. The van der Waals surface area contributed by atoms with Crippen LogP contribution in [0.25, 0.3) is 11.1 Å². The predicted octanol–water partition coefficient (Wildman–Crippen LogP) is 8.48. The monoisotopic (exact) mass is 585 g/mol. The van der Waals surface area contributed by atoms with Gasteiger partial charge in [0, 0.05) is 17.2 Å². The van der Waals surface area contributed by atoms with E-state index in [4.69, 9.17) is 16.3 Å². The number of esters is 1. The number of halogens is 6. The fraction of sp³-hybridized carbons (Fsp3) is 0.161. The van der Waals surface area contributed by atoms with Crippen LogP contribution in [-0.4, -0.2) is 18.0 Å². The van der Waals surface area contributed by atoms with Gasteiger partial charge in [-0.3, -0.25) is 9.79 Å². The maximum atomic E-state index is 14.6. The first kappa shape index (κ1) is 28.3. The molecule has 10 heteroatoms. The third-order valence-corrected chi connectivity index (χ3v) is 6.82. The summed E-state index contributed by atoms with van der Waals surface area (Å²) in [7, 11) is 0. The molecule has 0 aliphatic carbocycles. The Morgan fingerprint density at radius 2 is 1.49 bits per heavy atom. The Labute approximate surface area is 237 Å². The minimum Gasteiger partial charge on any atom is -0.461 e. The summed E-state index contributed by atoms with van der Waals surface area (Å²) in [5.74, 6) is -3.36. The van der Waals surface area contributed by atoms with Gasteiger partial charge in [0.05, 0.1) is 17.5 Å². The molecule has 0 bridgehead atoms. The first-order valence-corrected chi connectivity index (χ1v) is 12.8. The lowest BCUT2D eigenvalue weighted by Crippen LogP contribution is -2.22. The Kier molecular flexibility index (Phi) is 8.08. The third-order valence-electron chi connectivity index (χ3n) is 6.59. The van der Waals surface area contributed by atoms with E-state index in [9.17, 15) is 26.7 Å². The number of carbonyl (C=O) groups is 1. The molecule has 0 N–H and O–H groups in total. The Morgan fingerprint density at radius 1 is 0.878 bits per heavy atom. The van der Waals surface area contributed by atoms with E-state index in [1.807, 2.05) is 0 Å². The number of ether oxygens (including phenoxy) is 2. The van der Waals surface area contributed by atoms with Gasteiger partial charge in [-0.2, -0.15) is 0 Å². The molecule has 1 aliphatic heterocycles. The van der Waals surface area contributed by atoms with Crippen LogP contribution in [-0.2, 0) is 16.1 Å². The van der Waals surface area contributed by atoms with Crippen molar-refractivity contribution in [3.63, 3.8) is 0 Å². The first-order valence-electron chi connectivity index (χ1n) is 12.5. The predicted molar refractivity (Wildman–Crippen MR) is 144 cm³/mol. The van der Waals surface area contributed by atoms with Gasteiger partial charge in [-0.05, 0) is 58.7 Å². The lowest BCUT2D eigenvalue weighted by atomic mass is 9.90. The minimum absolute atomic E-state index is 0.0423. The van der Waals surface area contributed by atoms with Gasteiger partial charge in [0.1, 0.15) is 24.0 Å². The van der Waals surface area contributed by atoms with Gasteiger partial charge >= 0.3 is 12.3 Å². The van der Waals surface area contributed by atoms with Crippen molar-refractivity contribution in [2.24, 2.45) is 10.9 Å². The molecule has 2 atom stereocenters. The highest BCUT2D eigenvalue weighted by atomic mass is 35.5. The summed E-state index contributed by atoms with van der Waals surface area (Å²) >= 11 is 6.02. The van der Waals surface area contributed by atoms with Crippen molar-refractivity contribution in [1.29, 1.82) is 0 Å². The lowest BCUT2D eigenvalue weighted by molar-refractivity contribution is -0.274. The molecule has 41 heavy (non-hydrogen) atoms. The highest BCUT2D eigenvalue weighted by Crippen LogP contribution is 2.39. The second-order valence-corrected chi connectivity index (χ2v) is 9.80. The Balaban J connectivity index is 1.40. The molecule has 1 aliphatic rings. The third kappa shape index (κ3) is 6.74. The molecule has 0 radical (unpaired) electrons. The van der Waals surface area contributed by atoms with Crippen molar-refractivity contribution in [1.82, 2.24) is 0 Å². The van der Waals surface area contributed by atoms with Crippen LogP contribution in [0.2, 0.25) is 5.02 Å². The Hall–Kier alpha value is -4.24. The number of carbonyl (C=O) groups excluding carboxylic acids is 1. The van der Waals surface area contributed by atoms with Crippen LogP contribution in [0, 0.1) is 17.6 Å². The van der Waals surface area contributed by atoms with Gasteiger partial charge < -0.3 is 9.47 Å². The molecular formula is C31H21ClF5NO3. The zero-order chi connectivity index (χ0) is 29.1. The summed E-state index contributed by atoms with van der Waals surface area (Å²) in [5, 5.41) is 0.487. The molecule has 0 saturated carbocycles. The van der Waals surface area contributed by atoms with Crippen LogP contribution in [0.3, 0.4) is 0 Å². The standard InChI is InChI=1S/C31H21ClF5NO3/c32-22-4-1-3-18(15-22)17-40-30(39)24-16-27(28-25(33)5-2-6-26(28)34)38-29(24)21-9-7-19(8-10-21)20-11-13-23(14-12-20)41-31(35,36)37/h1-15,24,29H,16-17H2. The highest BCUT2D eigenvalue weighted by molar-refractivity contribution is 6.30. The van der Waals surface area contributed by atoms with Crippen LogP contribution in [0.15, 0.2) is 96.0 Å². The average Bonchev–Trinajstić information content (AvgIpc) is 3.36. The molecule has 2 unspecified atom stereocenters. The molecular weight excluding hydrogens is 565 g/mol. The van der Waals surface area contributed by atoms with Gasteiger partial charge in [-0.25, -0.2) is 8.78 Å². The van der Waals surface area contributed by atoms with Gasteiger partial charge in [0.25, 0.3) is 0 Å². The highest BCUT2D eigenvalue weighted by Gasteiger charge is 2.39. The van der Waals surface area contributed by atoms with Crippen LogP contribution in [0.5, 0.6) is 5.75 Å². The fourth-order valence-corrected chi connectivity index (χ4v) is 4.91. The number of rotatable bonds is 7. The summed E-state index contributed by atoms with van der Waals surface area (Å²) in [6.45, 7) is -0.0427. The number of hydrogen-bond acceptors (Lipinski definition) is 4. The Bertz CT molecular complexity index is 1570. The summed E-state index contributed by atoms with van der Waals surface area (Å²) in [6, 6.07) is 21.8. The van der Waals surface area contributed by atoms with E-state index < -0.39 is 35.9 Å². The molecule has 5 rings (SSSR count). The number of hydrogen-bond donors (Lipinski definition) is 0. The number of alkyl halides is 3. The van der Waals surface area contributed by atoms with E-state index in [0.29, 0.717) is 27.3 Å². The normalized spacial score (nSPS) is 16.8. The van der Waals surface area contributed by atoms with Crippen LogP contribution in [0.1, 0.15) is 29.2 Å². The van der Waals surface area contributed by atoms with Gasteiger partial charge in [0.15, 0.2) is 0 Å². The van der Waals surface area contributed by atoms with E-state index in [-0.39, 0.29) is 30.1 Å². The second-order valence-electron chi connectivity index (χ2n) is 9.36. The minimum atomic E-state index is -4.79. The smallest absolute Gasteiger partial charge is 0.461 e. The maximum Gasteiger partial charge on any atom is 0.573 e. The summed E-state index contributed by atoms with van der Waals surface area (Å²) in [6.07, 6.45) is -4.83. The maximum absolute atomic E-state index is 14.6. The molecule has 0 amide bonds. The van der Waals surface area contributed by atoms with Gasteiger partial charge in [-0.15, -0.1) is 13.2 Å². The zero-order valence-corrected chi connectivity index (χ0v) is 21.9. The van der Waals surface area contributed by atoms with Crippen molar-refractivity contribution in [2.75, 3.05) is 0 Å². The topological polar surface area (TPSA) is 47.9 Å². The van der Waals surface area contributed by atoms with E-state index in [0.717, 1.165) is 12.1 Å². The molecule has 4 aromatic rings. The van der Waals surface area contributed by atoms with Crippen molar-refractivity contribution >= 4 is 23.3 Å². The molecule has 4 nitrogen and oxygen atoms in total. The molecule has 0 saturated heterocycles. The molecule has 0 fully saturated rings. The molecule has 0 spiro atoms. The van der Waals surface area contributed by atoms with Crippen molar-refractivity contribution in [3.8, 4) is 16.9 Å².